The first-order chi connectivity index (χ1) is 11.0. The summed E-state index contributed by atoms with van der Waals surface area (Å²) in [5.41, 5.74) is 1.01. The molecule has 0 aliphatic carbocycles. The van der Waals surface area contributed by atoms with Gasteiger partial charge in [-0.25, -0.2) is 9.18 Å². The summed E-state index contributed by atoms with van der Waals surface area (Å²) in [6, 6.07) is 9.80. The number of hydrogen-bond donors (Lipinski definition) is 1. The van der Waals surface area contributed by atoms with Gasteiger partial charge in [0.2, 0.25) is 0 Å². The summed E-state index contributed by atoms with van der Waals surface area (Å²) >= 11 is 12.1. The first-order valence-electron chi connectivity index (χ1n) is 7.19. The Morgan fingerprint density at radius 3 is 2.74 bits per heavy atom. The van der Waals surface area contributed by atoms with E-state index in [1.165, 1.54) is 6.07 Å². The van der Waals surface area contributed by atoms with Gasteiger partial charge in [-0.05, 0) is 36.2 Å². The predicted octanol–water partition coefficient (Wildman–Crippen LogP) is 4.82. The Labute approximate surface area is 143 Å². The largest absolute Gasteiger partial charge is 0.478 e. The topological polar surface area (TPSA) is 40.5 Å². The summed E-state index contributed by atoms with van der Waals surface area (Å²) in [5, 5.41) is 10.2. The van der Waals surface area contributed by atoms with Gasteiger partial charge in [-0.3, -0.25) is 0 Å². The Kier molecular flexibility index (Phi) is 4.46. The van der Waals surface area contributed by atoms with Crippen molar-refractivity contribution in [2.75, 3.05) is 18.0 Å². The highest BCUT2D eigenvalue weighted by Crippen LogP contribution is 2.36. The number of carbonyl (C=O) groups is 1. The maximum Gasteiger partial charge on any atom is 0.338 e. The fourth-order valence-electron chi connectivity index (χ4n) is 3.00. The molecule has 2 aromatic carbocycles. The van der Waals surface area contributed by atoms with Gasteiger partial charge < -0.3 is 10.0 Å². The van der Waals surface area contributed by atoms with Crippen molar-refractivity contribution in [3.63, 3.8) is 0 Å². The Morgan fingerprint density at radius 2 is 2.04 bits per heavy atom. The lowest BCUT2D eigenvalue weighted by Crippen LogP contribution is -2.20. The second-order valence-corrected chi connectivity index (χ2v) is 6.38. The van der Waals surface area contributed by atoms with Crippen LogP contribution in [0.3, 0.4) is 0 Å². The van der Waals surface area contributed by atoms with Crippen molar-refractivity contribution < 1.29 is 14.3 Å². The highest BCUT2D eigenvalue weighted by atomic mass is 35.5. The number of carboxylic acid groups (broad SMARTS) is 1. The number of anilines is 1. The summed E-state index contributed by atoms with van der Waals surface area (Å²) in [4.78, 5) is 13.1. The van der Waals surface area contributed by atoms with E-state index >= 15 is 0 Å². The van der Waals surface area contributed by atoms with Crippen LogP contribution in [-0.4, -0.2) is 24.2 Å². The minimum atomic E-state index is -1.25. The molecular weight excluding hydrogens is 340 g/mol. The van der Waals surface area contributed by atoms with E-state index in [2.05, 4.69) is 4.90 Å². The van der Waals surface area contributed by atoms with Crippen LogP contribution in [0.4, 0.5) is 10.1 Å². The van der Waals surface area contributed by atoms with Crippen molar-refractivity contribution in [3.8, 4) is 0 Å². The standard InChI is InChI=1S/C17H14Cl2FNO2/c18-11-4-5-15(14(19)8-11)21-7-6-10(9-21)12-2-1-3-13(16(12)20)17(22)23/h1-5,8,10H,6-7,9H2,(H,22,23). The van der Waals surface area contributed by atoms with E-state index in [4.69, 9.17) is 28.3 Å². The molecule has 1 N–H and O–H groups in total. The Balaban J connectivity index is 1.86. The first kappa shape index (κ1) is 16.1. The van der Waals surface area contributed by atoms with Gasteiger partial charge in [-0.2, -0.15) is 0 Å². The van der Waals surface area contributed by atoms with Gasteiger partial charge in [0.15, 0.2) is 0 Å². The van der Waals surface area contributed by atoms with Gasteiger partial charge in [0.1, 0.15) is 5.82 Å². The molecule has 23 heavy (non-hydrogen) atoms. The molecule has 6 heteroatoms. The van der Waals surface area contributed by atoms with Gasteiger partial charge in [-0.1, -0.05) is 35.3 Å². The lowest BCUT2D eigenvalue weighted by molar-refractivity contribution is 0.0691. The van der Waals surface area contributed by atoms with Crippen molar-refractivity contribution in [2.24, 2.45) is 0 Å². The lowest BCUT2D eigenvalue weighted by atomic mass is 9.96. The summed E-state index contributed by atoms with van der Waals surface area (Å²) in [6.07, 6.45) is 0.735. The summed E-state index contributed by atoms with van der Waals surface area (Å²) < 4.78 is 14.4. The molecule has 1 fully saturated rings. The second-order valence-electron chi connectivity index (χ2n) is 5.54. The van der Waals surface area contributed by atoms with E-state index in [1.54, 1.807) is 24.3 Å². The summed E-state index contributed by atoms with van der Waals surface area (Å²) in [7, 11) is 0. The zero-order valence-corrected chi connectivity index (χ0v) is 13.6. The molecule has 0 bridgehead atoms. The Hall–Kier alpha value is -1.78. The molecule has 0 amide bonds. The second kappa shape index (κ2) is 6.38. The third-order valence-corrected chi connectivity index (χ3v) is 4.68. The van der Waals surface area contributed by atoms with Gasteiger partial charge in [0.25, 0.3) is 0 Å². The van der Waals surface area contributed by atoms with Crippen LogP contribution in [0.1, 0.15) is 28.3 Å². The maximum atomic E-state index is 14.4. The van der Waals surface area contributed by atoms with E-state index in [1.807, 2.05) is 6.07 Å². The first-order valence-corrected chi connectivity index (χ1v) is 7.94. The molecule has 1 aliphatic rings. The minimum absolute atomic E-state index is 0.0685. The van der Waals surface area contributed by atoms with Crippen LogP contribution in [0.25, 0.3) is 0 Å². The lowest BCUT2D eigenvalue weighted by Gasteiger charge is -2.20. The average molecular weight is 354 g/mol. The number of rotatable bonds is 3. The molecule has 1 atom stereocenters. The molecule has 1 saturated heterocycles. The summed E-state index contributed by atoms with van der Waals surface area (Å²) in [5.74, 6) is -1.96. The minimum Gasteiger partial charge on any atom is -0.478 e. The highest BCUT2D eigenvalue weighted by molar-refractivity contribution is 6.36. The molecular formula is C17H14Cl2FNO2. The Bertz CT molecular complexity index is 766. The number of benzene rings is 2. The molecule has 0 radical (unpaired) electrons. The van der Waals surface area contributed by atoms with Gasteiger partial charge >= 0.3 is 5.97 Å². The zero-order chi connectivity index (χ0) is 16.6. The number of carboxylic acids is 1. The monoisotopic (exact) mass is 353 g/mol. The third-order valence-electron chi connectivity index (χ3n) is 4.14. The fourth-order valence-corrected chi connectivity index (χ4v) is 3.53. The summed E-state index contributed by atoms with van der Waals surface area (Å²) in [6.45, 7) is 1.31. The van der Waals surface area contributed by atoms with Crippen molar-refractivity contribution >= 4 is 34.9 Å². The quantitative estimate of drug-likeness (QED) is 0.859. The smallest absolute Gasteiger partial charge is 0.338 e. The molecule has 1 heterocycles. The van der Waals surface area contributed by atoms with Gasteiger partial charge in [0.05, 0.1) is 16.3 Å². The molecule has 1 unspecified atom stereocenters. The van der Waals surface area contributed by atoms with Crippen LogP contribution >= 0.6 is 23.2 Å². The predicted molar refractivity (Wildman–Crippen MR) is 89.4 cm³/mol. The van der Waals surface area contributed by atoms with E-state index in [0.29, 0.717) is 22.2 Å². The van der Waals surface area contributed by atoms with Crippen LogP contribution in [0.2, 0.25) is 10.0 Å². The number of nitrogens with zero attached hydrogens (tertiary/aromatic N) is 1. The molecule has 0 spiro atoms. The van der Waals surface area contributed by atoms with Crippen LogP contribution in [-0.2, 0) is 0 Å². The van der Waals surface area contributed by atoms with Crippen LogP contribution in [0.5, 0.6) is 0 Å². The van der Waals surface area contributed by atoms with Crippen molar-refractivity contribution in [1.29, 1.82) is 0 Å². The van der Waals surface area contributed by atoms with E-state index < -0.39 is 11.8 Å². The van der Waals surface area contributed by atoms with Gasteiger partial charge in [-0.15, -0.1) is 0 Å². The molecule has 0 aromatic heterocycles. The molecule has 3 nitrogen and oxygen atoms in total. The van der Waals surface area contributed by atoms with Crippen LogP contribution in [0, 0.1) is 5.82 Å². The van der Waals surface area contributed by atoms with Gasteiger partial charge in [0, 0.05) is 24.0 Å². The maximum absolute atomic E-state index is 14.4. The molecule has 1 aliphatic heterocycles. The Morgan fingerprint density at radius 1 is 1.26 bits per heavy atom. The third kappa shape index (κ3) is 3.14. The van der Waals surface area contributed by atoms with Crippen LogP contribution in [0.15, 0.2) is 36.4 Å². The van der Waals surface area contributed by atoms with Crippen molar-refractivity contribution in [1.82, 2.24) is 0 Å². The van der Waals surface area contributed by atoms with E-state index in [9.17, 15) is 9.18 Å². The highest BCUT2D eigenvalue weighted by Gasteiger charge is 2.28. The van der Waals surface area contributed by atoms with E-state index in [-0.39, 0.29) is 11.5 Å². The van der Waals surface area contributed by atoms with Crippen LogP contribution < -0.4 is 4.90 Å². The van der Waals surface area contributed by atoms with E-state index in [0.717, 1.165) is 18.7 Å². The normalized spacial score (nSPS) is 17.5. The molecule has 120 valence electrons. The number of halogens is 3. The molecule has 2 aromatic rings. The SMILES string of the molecule is O=C(O)c1cccc(C2CCN(c3ccc(Cl)cc3Cl)C2)c1F. The number of hydrogen-bond acceptors (Lipinski definition) is 2. The zero-order valence-electron chi connectivity index (χ0n) is 12.1. The van der Waals surface area contributed by atoms with Crippen molar-refractivity contribution in [3.05, 3.63) is 63.4 Å². The molecule has 0 saturated carbocycles. The number of aromatic carboxylic acids is 1. The average Bonchev–Trinajstić information content (AvgIpc) is 2.96. The molecule has 3 rings (SSSR count). The van der Waals surface area contributed by atoms with Crippen molar-refractivity contribution in [2.45, 2.75) is 12.3 Å². The fraction of sp³-hybridized carbons (Fsp3) is 0.235.